The van der Waals surface area contributed by atoms with Crippen LogP contribution >= 0.6 is 11.3 Å². The molecule has 1 saturated carbocycles. The van der Waals surface area contributed by atoms with Crippen molar-refractivity contribution in [3.8, 4) is 0 Å². The van der Waals surface area contributed by atoms with Crippen molar-refractivity contribution >= 4 is 17.3 Å². The van der Waals surface area contributed by atoms with Crippen LogP contribution in [0.4, 0.5) is 0 Å². The van der Waals surface area contributed by atoms with Gasteiger partial charge >= 0.3 is 5.97 Å². The molecule has 0 spiro atoms. The first-order chi connectivity index (χ1) is 6.18. The monoisotopic (exact) mass is 197 g/mol. The Labute approximate surface area is 80.4 Å². The smallest absolute Gasteiger partial charge is 0.347 e. The van der Waals surface area contributed by atoms with Crippen molar-refractivity contribution in [3.05, 3.63) is 15.6 Å². The summed E-state index contributed by atoms with van der Waals surface area (Å²) >= 11 is 1.29. The number of carboxylic acids is 1. The van der Waals surface area contributed by atoms with Gasteiger partial charge in [0, 0.05) is 5.92 Å². The second-order valence-corrected chi connectivity index (χ2v) is 4.58. The van der Waals surface area contributed by atoms with Gasteiger partial charge < -0.3 is 5.11 Å². The SMILES string of the molecule is Cc1nc(C2CCC2)c(C(=O)O)s1. The molecule has 0 saturated heterocycles. The van der Waals surface area contributed by atoms with Gasteiger partial charge in [0.05, 0.1) is 10.7 Å². The third-order valence-corrected chi connectivity index (χ3v) is 3.42. The van der Waals surface area contributed by atoms with Crippen LogP contribution in [-0.2, 0) is 0 Å². The van der Waals surface area contributed by atoms with Crippen LogP contribution in [0.3, 0.4) is 0 Å². The van der Waals surface area contributed by atoms with Crippen LogP contribution in [0.5, 0.6) is 0 Å². The minimum absolute atomic E-state index is 0.413. The Hall–Kier alpha value is -0.900. The van der Waals surface area contributed by atoms with Crippen LogP contribution in [0.15, 0.2) is 0 Å². The molecule has 1 heterocycles. The van der Waals surface area contributed by atoms with Crippen molar-refractivity contribution in [2.75, 3.05) is 0 Å². The molecule has 1 aliphatic carbocycles. The highest BCUT2D eigenvalue weighted by Gasteiger charge is 2.27. The van der Waals surface area contributed by atoms with Gasteiger partial charge in [-0.25, -0.2) is 9.78 Å². The van der Waals surface area contributed by atoms with E-state index < -0.39 is 5.97 Å². The Kier molecular flexibility index (Phi) is 2.07. The summed E-state index contributed by atoms with van der Waals surface area (Å²) in [4.78, 5) is 15.6. The van der Waals surface area contributed by atoms with Crippen molar-refractivity contribution < 1.29 is 9.90 Å². The minimum Gasteiger partial charge on any atom is -0.477 e. The zero-order valence-corrected chi connectivity index (χ0v) is 8.23. The average Bonchev–Trinajstić information content (AvgIpc) is 2.27. The van der Waals surface area contributed by atoms with E-state index in [1.165, 1.54) is 17.8 Å². The van der Waals surface area contributed by atoms with Gasteiger partial charge in [-0.05, 0) is 19.8 Å². The Bertz CT molecular complexity index is 341. The van der Waals surface area contributed by atoms with E-state index in [0.717, 1.165) is 23.5 Å². The van der Waals surface area contributed by atoms with E-state index in [-0.39, 0.29) is 0 Å². The van der Waals surface area contributed by atoms with Crippen molar-refractivity contribution in [2.24, 2.45) is 0 Å². The molecule has 0 unspecified atom stereocenters. The number of aryl methyl sites for hydroxylation is 1. The Balaban J connectivity index is 2.36. The molecule has 0 aliphatic heterocycles. The van der Waals surface area contributed by atoms with Crippen LogP contribution in [0, 0.1) is 6.92 Å². The molecule has 0 bridgehead atoms. The van der Waals surface area contributed by atoms with E-state index in [4.69, 9.17) is 5.11 Å². The van der Waals surface area contributed by atoms with Crippen molar-refractivity contribution in [2.45, 2.75) is 32.1 Å². The number of thiazole rings is 1. The molecule has 1 aliphatic rings. The molecule has 1 aromatic rings. The van der Waals surface area contributed by atoms with E-state index in [2.05, 4.69) is 4.98 Å². The quantitative estimate of drug-likeness (QED) is 0.792. The summed E-state index contributed by atoms with van der Waals surface area (Å²) in [6, 6.07) is 0. The number of carboxylic acid groups (broad SMARTS) is 1. The third-order valence-electron chi connectivity index (χ3n) is 2.45. The van der Waals surface area contributed by atoms with Gasteiger partial charge in [0.2, 0.25) is 0 Å². The van der Waals surface area contributed by atoms with Gasteiger partial charge in [-0.2, -0.15) is 0 Å². The molecule has 0 amide bonds. The van der Waals surface area contributed by atoms with E-state index in [1.54, 1.807) is 0 Å². The van der Waals surface area contributed by atoms with E-state index in [9.17, 15) is 4.79 Å². The summed E-state index contributed by atoms with van der Waals surface area (Å²) in [5.41, 5.74) is 0.821. The lowest BCUT2D eigenvalue weighted by molar-refractivity contribution is 0.0699. The Morgan fingerprint density at radius 1 is 1.62 bits per heavy atom. The zero-order valence-electron chi connectivity index (χ0n) is 7.41. The number of hydrogen-bond acceptors (Lipinski definition) is 3. The van der Waals surface area contributed by atoms with Gasteiger partial charge in [-0.3, -0.25) is 0 Å². The normalized spacial score (nSPS) is 17.0. The molecule has 70 valence electrons. The molecule has 13 heavy (non-hydrogen) atoms. The predicted octanol–water partition coefficient (Wildman–Crippen LogP) is 2.42. The van der Waals surface area contributed by atoms with Crippen LogP contribution in [0.1, 0.15) is 45.6 Å². The average molecular weight is 197 g/mol. The maximum Gasteiger partial charge on any atom is 0.347 e. The summed E-state index contributed by atoms with van der Waals surface area (Å²) < 4.78 is 0. The summed E-state index contributed by atoms with van der Waals surface area (Å²) in [6.07, 6.45) is 3.41. The number of aromatic nitrogens is 1. The fraction of sp³-hybridized carbons (Fsp3) is 0.556. The second-order valence-electron chi connectivity index (χ2n) is 3.38. The summed E-state index contributed by atoms with van der Waals surface area (Å²) in [5.74, 6) is -0.413. The largest absolute Gasteiger partial charge is 0.477 e. The first-order valence-electron chi connectivity index (χ1n) is 4.39. The molecular formula is C9H11NO2S. The minimum atomic E-state index is -0.826. The second kappa shape index (κ2) is 3.10. The van der Waals surface area contributed by atoms with E-state index in [1.807, 2.05) is 6.92 Å². The van der Waals surface area contributed by atoms with Crippen LogP contribution in [0.25, 0.3) is 0 Å². The topological polar surface area (TPSA) is 50.2 Å². The summed E-state index contributed by atoms with van der Waals surface area (Å²) in [7, 11) is 0. The van der Waals surface area contributed by atoms with Crippen LogP contribution in [0.2, 0.25) is 0 Å². The lowest BCUT2D eigenvalue weighted by atomic mass is 9.82. The Morgan fingerprint density at radius 2 is 2.31 bits per heavy atom. The van der Waals surface area contributed by atoms with Gasteiger partial charge in [0.1, 0.15) is 4.88 Å². The molecule has 1 fully saturated rings. The fourth-order valence-electron chi connectivity index (χ4n) is 1.55. The van der Waals surface area contributed by atoms with Crippen LogP contribution < -0.4 is 0 Å². The van der Waals surface area contributed by atoms with Gasteiger partial charge in [0.15, 0.2) is 0 Å². The molecule has 1 N–H and O–H groups in total. The lowest BCUT2D eigenvalue weighted by Crippen LogP contribution is -2.12. The molecule has 0 aromatic carbocycles. The molecule has 1 aromatic heterocycles. The standard InChI is InChI=1S/C9H11NO2S/c1-5-10-7(6-3-2-4-6)8(13-5)9(11)12/h6H,2-4H2,1H3,(H,11,12). The molecule has 4 heteroatoms. The number of hydrogen-bond donors (Lipinski definition) is 1. The van der Waals surface area contributed by atoms with Crippen molar-refractivity contribution in [1.29, 1.82) is 0 Å². The van der Waals surface area contributed by atoms with E-state index in [0.29, 0.717) is 10.8 Å². The highest BCUT2D eigenvalue weighted by Crippen LogP contribution is 2.38. The fourth-order valence-corrected chi connectivity index (χ4v) is 2.40. The summed E-state index contributed by atoms with van der Waals surface area (Å²) in [5, 5.41) is 9.78. The molecule has 2 rings (SSSR count). The lowest BCUT2D eigenvalue weighted by Gasteiger charge is -2.23. The van der Waals surface area contributed by atoms with Crippen molar-refractivity contribution in [1.82, 2.24) is 4.98 Å². The van der Waals surface area contributed by atoms with Crippen LogP contribution in [-0.4, -0.2) is 16.1 Å². The molecule has 0 atom stereocenters. The molecule has 0 radical (unpaired) electrons. The number of carbonyl (C=O) groups is 1. The van der Waals surface area contributed by atoms with Crippen molar-refractivity contribution in [3.63, 3.8) is 0 Å². The highest BCUT2D eigenvalue weighted by atomic mass is 32.1. The maximum atomic E-state index is 10.8. The number of nitrogens with zero attached hydrogens (tertiary/aromatic N) is 1. The highest BCUT2D eigenvalue weighted by molar-refractivity contribution is 7.13. The van der Waals surface area contributed by atoms with Gasteiger partial charge in [0.25, 0.3) is 0 Å². The first-order valence-corrected chi connectivity index (χ1v) is 5.20. The Morgan fingerprint density at radius 3 is 2.77 bits per heavy atom. The zero-order chi connectivity index (χ0) is 9.42. The maximum absolute atomic E-state index is 10.8. The third kappa shape index (κ3) is 1.46. The van der Waals surface area contributed by atoms with Gasteiger partial charge in [-0.1, -0.05) is 6.42 Å². The summed E-state index contributed by atoms with van der Waals surface area (Å²) in [6.45, 7) is 1.86. The van der Waals surface area contributed by atoms with E-state index >= 15 is 0 Å². The molecule has 3 nitrogen and oxygen atoms in total. The number of aromatic carboxylic acids is 1. The number of rotatable bonds is 2. The van der Waals surface area contributed by atoms with Gasteiger partial charge in [-0.15, -0.1) is 11.3 Å². The predicted molar refractivity (Wildman–Crippen MR) is 50.4 cm³/mol. The first kappa shape index (κ1) is 8.69. The molecular weight excluding hydrogens is 186 g/mol.